The molecule has 0 radical (unpaired) electrons. The van der Waals surface area contributed by atoms with Gasteiger partial charge in [0.2, 0.25) is 6.10 Å². The van der Waals surface area contributed by atoms with Crippen LogP contribution in [0.25, 0.3) is 5.69 Å². The number of aromatic nitrogens is 2. The Hall–Kier alpha value is -3.32. The van der Waals surface area contributed by atoms with E-state index in [0.717, 1.165) is 11.4 Å². The van der Waals surface area contributed by atoms with Gasteiger partial charge in [-0.15, -0.1) is 0 Å². The quantitative estimate of drug-likeness (QED) is 0.543. The molecule has 0 spiro atoms. The minimum Gasteiger partial charge on any atom is -0.485 e. The predicted octanol–water partition coefficient (Wildman–Crippen LogP) is 3.12. The third-order valence-corrected chi connectivity index (χ3v) is 4.57. The van der Waals surface area contributed by atoms with E-state index in [4.69, 9.17) is 21.1 Å². The van der Waals surface area contributed by atoms with Crippen molar-refractivity contribution in [2.75, 3.05) is 6.61 Å². The fourth-order valence-electron chi connectivity index (χ4n) is 2.83. The van der Waals surface area contributed by atoms with Gasteiger partial charge < -0.3 is 9.47 Å². The molecule has 0 aliphatic carbocycles. The number of hydrogen-bond donors (Lipinski definition) is 1. The Morgan fingerprint density at radius 2 is 1.93 bits per heavy atom. The van der Waals surface area contributed by atoms with Crippen molar-refractivity contribution in [2.24, 2.45) is 5.10 Å². The lowest BCUT2D eigenvalue weighted by Gasteiger charge is -2.24. The zero-order valence-electron chi connectivity index (χ0n) is 15.0. The summed E-state index contributed by atoms with van der Waals surface area (Å²) in [6.07, 6.45) is 0.690. The monoisotopic (exact) mass is 396 g/mol. The van der Waals surface area contributed by atoms with Gasteiger partial charge in [0.05, 0.1) is 23.2 Å². The third-order valence-electron chi connectivity index (χ3n) is 4.29. The maximum absolute atomic E-state index is 12.3. The number of para-hydroxylation sites is 3. The number of nitrogens with zero attached hydrogens (tertiary/aromatic N) is 3. The molecular formula is C20H17ClN4O3. The number of nitrogens with one attached hydrogen (secondary N) is 1. The Kier molecular flexibility index (Phi) is 4.99. The van der Waals surface area contributed by atoms with E-state index >= 15 is 0 Å². The molecule has 1 aliphatic heterocycles. The van der Waals surface area contributed by atoms with Crippen LogP contribution in [0.1, 0.15) is 11.3 Å². The Bertz CT molecular complexity index is 1030. The van der Waals surface area contributed by atoms with Crippen molar-refractivity contribution in [1.82, 2.24) is 15.2 Å². The average molecular weight is 397 g/mol. The van der Waals surface area contributed by atoms with Crippen LogP contribution < -0.4 is 14.9 Å². The van der Waals surface area contributed by atoms with Crippen molar-refractivity contribution in [3.63, 3.8) is 0 Å². The summed E-state index contributed by atoms with van der Waals surface area (Å²) in [5.41, 5.74) is 4.78. The molecule has 2 aromatic carbocycles. The van der Waals surface area contributed by atoms with Crippen molar-refractivity contribution in [3.8, 4) is 17.2 Å². The van der Waals surface area contributed by atoms with Gasteiger partial charge >= 0.3 is 0 Å². The van der Waals surface area contributed by atoms with Crippen molar-refractivity contribution in [2.45, 2.75) is 13.0 Å². The van der Waals surface area contributed by atoms with E-state index in [1.54, 1.807) is 16.8 Å². The van der Waals surface area contributed by atoms with Gasteiger partial charge in [-0.1, -0.05) is 41.9 Å². The molecule has 8 heteroatoms. The van der Waals surface area contributed by atoms with Gasteiger partial charge in [0.25, 0.3) is 5.91 Å². The first-order chi connectivity index (χ1) is 13.6. The number of rotatable bonds is 4. The topological polar surface area (TPSA) is 77.7 Å². The zero-order chi connectivity index (χ0) is 19.5. The largest absolute Gasteiger partial charge is 0.485 e. The van der Waals surface area contributed by atoms with Crippen LogP contribution in [0.4, 0.5) is 0 Å². The first-order valence-corrected chi connectivity index (χ1v) is 9.03. The van der Waals surface area contributed by atoms with Gasteiger partial charge in [0, 0.05) is 0 Å². The molecule has 1 amide bonds. The van der Waals surface area contributed by atoms with Crippen LogP contribution in [0.3, 0.4) is 0 Å². The Balaban J connectivity index is 1.44. The lowest BCUT2D eigenvalue weighted by Crippen LogP contribution is -2.42. The Morgan fingerprint density at radius 3 is 2.71 bits per heavy atom. The molecule has 1 aliphatic rings. The van der Waals surface area contributed by atoms with Gasteiger partial charge in [0.15, 0.2) is 16.7 Å². The molecule has 142 valence electrons. The number of hydrazone groups is 1. The second kappa shape index (κ2) is 7.74. The first kappa shape index (κ1) is 18.1. The fourth-order valence-corrected chi connectivity index (χ4v) is 3.09. The second-order valence-electron chi connectivity index (χ2n) is 6.14. The molecule has 0 unspecified atom stereocenters. The fraction of sp³-hybridized carbons (Fsp3) is 0.150. The summed E-state index contributed by atoms with van der Waals surface area (Å²) >= 11 is 6.24. The van der Waals surface area contributed by atoms with Crippen LogP contribution >= 0.6 is 11.6 Å². The molecule has 0 saturated carbocycles. The number of hydrogen-bond acceptors (Lipinski definition) is 5. The van der Waals surface area contributed by atoms with Gasteiger partial charge in [-0.3, -0.25) is 4.79 Å². The lowest BCUT2D eigenvalue weighted by atomic mass is 10.2. The van der Waals surface area contributed by atoms with E-state index in [1.165, 1.54) is 6.21 Å². The molecule has 0 fully saturated rings. The number of amides is 1. The first-order valence-electron chi connectivity index (χ1n) is 8.65. The van der Waals surface area contributed by atoms with Gasteiger partial charge in [0.1, 0.15) is 6.61 Å². The van der Waals surface area contributed by atoms with Gasteiger partial charge in [-0.2, -0.15) is 10.2 Å². The zero-order valence-corrected chi connectivity index (χ0v) is 15.8. The van der Waals surface area contributed by atoms with Crippen LogP contribution in [0, 0.1) is 6.92 Å². The summed E-state index contributed by atoms with van der Waals surface area (Å²) in [7, 11) is 0. The standard InChI is InChI=1S/C20H17ClN4O3/c1-13-15(19(21)24-25(13)14-7-3-2-4-8-14)11-22-23-20(26)18-12-27-16-9-5-6-10-17(16)28-18/h2-11,18H,12H2,1H3,(H,23,26)/b22-11-/t18-/m0/s1. The van der Waals surface area contributed by atoms with Crippen molar-refractivity contribution >= 4 is 23.7 Å². The molecule has 1 aromatic heterocycles. The molecule has 0 bridgehead atoms. The van der Waals surface area contributed by atoms with Crippen molar-refractivity contribution in [3.05, 3.63) is 71.0 Å². The van der Waals surface area contributed by atoms with Crippen LogP contribution in [0.15, 0.2) is 59.7 Å². The molecule has 3 aromatic rings. The van der Waals surface area contributed by atoms with Crippen LogP contribution in [-0.4, -0.2) is 34.6 Å². The molecule has 1 atom stereocenters. The van der Waals surface area contributed by atoms with Gasteiger partial charge in [-0.05, 0) is 31.2 Å². The molecule has 2 heterocycles. The molecule has 4 rings (SSSR count). The van der Waals surface area contributed by atoms with E-state index in [9.17, 15) is 4.79 Å². The minimum absolute atomic E-state index is 0.115. The number of carbonyl (C=O) groups is 1. The molecule has 1 N–H and O–H groups in total. The van der Waals surface area contributed by atoms with E-state index < -0.39 is 12.0 Å². The summed E-state index contributed by atoms with van der Waals surface area (Å²) in [6, 6.07) is 16.8. The van der Waals surface area contributed by atoms with E-state index in [0.29, 0.717) is 22.2 Å². The SMILES string of the molecule is Cc1c(/C=N\NC(=O)[C@@H]2COc3ccccc3O2)c(Cl)nn1-c1ccccc1. The summed E-state index contributed by atoms with van der Waals surface area (Å²) in [5.74, 6) is 0.738. The highest BCUT2D eigenvalue weighted by Crippen LogP contribution is 2.30. The average Bonchev–Trinajstić information content (AvgIpc) is 3.02. The van der Waals surface area contributed by atoms with Crippen molar-refractivity contribution < 1.29 is 14.3 Å². The normalized spacial score (nSPS) is 15.6. The summed E-state index contributed by atoms with van der Waals surface area (Å²) < 4.78 is 12.9. The van der Waals surface area contributed by atoms with E-state index in [2.05, 4.69) is 15.6 Å². The summed E-state index contributed by atoms with van der Waals surface area (Å²) in [6.45, 7) is 1.99. The number of ether oxygens (including phenoxy) is 2. The number of carbonyl (C=O) groups excluding carboxylic acids is 1. The van der Waals surface area contributed by atoms with E-state index in [1.807, 2.05) is 49.4 Å². The highest BCUT2D eigenvalue weighted by atomic mass is 35.5. The van der Waals surface area contributed by atoms with Gasteiger partial charge in [-0.25, -0.2) is 10.1 Å². The third kappa shape index (κ3) is 3.57. The molecule has 7 nitrogen and oxygen atoms in total. The van der Waals surface area contributed by atoms with E-state index in [-0.39, 0.29) is 6.61 Å². The summed E-state index contributed by atoms with van der Waals surface area (Å²) in [4.78, 5) is 12.3. The number of benzene rings is 2. The minimum atomic E-state index is -0.782. The smallest absolute Gasteiger partial charge is 0.284 e. The van der Waals surface area contributed by atoms with Crippen molar-refractivity contribution in [1.29, 1.82) is 0 Å². The van der Waals surface area contributed by atoms with Crippen LogP contribution in [0.5, 0.6) is 11.5 Å². The lowest BCUT2D eigenvalue weighted by molar-refractivity contribution is -0.130. The molecule has 28 heavy (non-hydrogen) atoms. The highest BCUT2D eigenvalue weighted by molar-refractivity contribution is 6.32. The predicted molar refractivity (Wildman–Crippen MR) is 105 cm³/mol. The number of fused-ring (bicyclic) bond motifs is 1. The molecule has 0 saturated heterocycles. The maximum Gasteiger partial charge on any atom is 0.284 e. The Labute approximate surface area is 166 Å². The Morgan fingerprint density at radius 1 is 1.21 bits per heavy atom. The highest BCUT2D eigenvalue weighted by Gasteiger charge is 2.27. The molecular weight excluding hydrogens is 380 g/mol. The van der Waals surface area contributed by atoms with Crippen LogP contribution in [-0.2, 0) is 4.79 Å². The van der Waals surface area contributed by atoms with Crippen LogP contribution in [0.2, 0.25) is 5.15 Å². The number of halogens is 1. The summed E-state index contributed by atoms with van der Waals surface area (Å²) in [5, 5.41) is 8.63. The second-order valence-corrected chi connectivity index (χ2v) is 6.49. The maximum atomic E-state index is 12.3.